The first-order valence-corrected chi connectivity index (χ1v) is 2.81. The molecule has 1 rings (SSSR count). The third-order valence-corrected chi connectivity index (χ3v) is 0.607. The van der Waals surface area contributed by atoms with E-state index in [4.69, 9.17) is 10.2 Å². The van der Waals surface area contributed by atoms with Gasteiger partial charge < -0.3 is 10.2 Å². The minimum atomic E-state index is 0. The second-order valence-electron chi connectivity index (χ2n) is 1.08. The van der Waals surface area contributed by atoms with Crippen LogP contribution in [0.4, 0.5) is 0 Å². The topological polar surface area (TPSA) is 40.5 Å². The van der Waals surface area contributed by atoms with Gasteiger partial charge in [0.25, 0.3) is 0 Å². The average molecular weight is 230 g/mol. The predicted molar refractivity (Wildman–Crippen MR) is 41.6 cm³/mol. The maximum atomic E-state index is 7.00. The van der Waals surface area contributed by atoms with Crippen LogP contribution in [0.15, 0.2) is 30.3 Å². The summed E-state index contributed by atoms with van der Waals surface area (Å²) >= 11 is 0. The summed E-state index contributed by atoms with van der Waals surface area (Å²) in [5.74, 6) is 0. The number of aliphatic hydroxyl groups excluding tert-OH is 2. The minimum Gasteiger partial charge on any atom is -0.400 e. The van der Waals surface area contributed by atoms with Gasteiger partial charge in [-0.3, -0.25) is 0 Å². The summed E-state index contributed by atoms with van der Waals surface area (Å²) in [6, 6.07) is 12.5. The Balaban J connectivity index is -0.000000114. The van der Waals surface area contributed by atoms with Crippen molar-refractivity contribution in [2.75, 3.05) is 14.2 Å². The van der Waals surface area contributed by atoms with E-state index < -0.39 is 0 Å². The molecule has 0 amide bonds. The summed E-state index contributed by atoms with van der Waals surface area (Å²) in [7, 11) is 2.00. The van der Waals surface area contributed by atoms with E-state index in [1.807, 2.05) is 30.3 Å². The molecule has 11 heavy (non-hydrogen) atoms. The quantitative estimate of drug-likeness (QED) is 0.644. The summed E-state index contributed by atoms with van der Waals surface area (Å²) in [5, 5.41) is 14.0. The van der Waals surface area contributed by atoms with Gasteiger partial charge in [-0.15, -0.1) is 0 Å². The van der Waals surface area contributed by atoms with Crippen LogP contribution in [0, 0.1) is 6.07 Å². The first kappa shape index (κ1) is 17.4. The number of rotatable bonds is 0. The fourth-order valence-electron chi connectivity index (χ4n) is 0.342. The Kier molecular flexibility index (Phi) is 35.4. The van der Waals surface area contributed by atoms with Crippen molar-refractivity contribution in [1.29, 1.82) is 0 Å². The van der Waals surface area contributed by atoms with Crippen LogP contribution in [0.25, 0.3) is 0 Å². The molecule has 0 fully saturated rings. The summed E-state index contributed by atoms with van der Waals surface area (Å²) in [5.41, 5.74) is 0. The van der Waals surface area contributed by atoms with Gasteiger partial charge in [0.2, 0.25) is 0 Å². The predicted octanol–water partition coefficient (Wildman–Crippen LogP) is 0.701. The maximum absolute atomic E-state index is 7.00. The Morgan fingerprint density at radius 1 is 0.818 bits per heavy atom. The molecule has 1 aromatic carbocycles. The van der Waals surface area contributed by atoms with Crippen LogP contribution in [0.3, 0.4) is 0 Å². The van der Waals surface area contributed by atoms with Crippen molar-refractivity contribution < 1.29 is 42.9 Å². The molecule has 0 atom stereocenters. The second-order valence-corrected chi connectivity index (χ2v) is 1.08. The van der Waals surface area contributed by atoms with E-state index in [1.165, 1.54) is 0 Å². The third-order valence-electron chi connectivity index (χ3n) is 0.607. The molecule has 2 nitrogen and oxygen atoms in total. The zero-order valence-electron chi connectivity index (χ0n) is 6.86. The normalized spacial score (nSPS) is 5.45. The SMILES string of the molecule is CO.CO.[Y].[c-]1ccccc1. The van der Waals surface area contributed by atoms with E-state index in [2.05, 4.69) is 6.07 Å². The molecule has 1 radical (unpaired) electrons. The number of aliphatic hydroxyl groups is 2. The first-order valence-electron chi connectivity index (χ1n) is 2.81. The Hall–Kier alpha value is 0.244. The second kappa shape index (κ2) is 22.5. The van der Waals surface area contributed by atoms with Crippen LogP contribution >= 0.6 is 0 Å². The Bertz CT molecular complexity index is 84.0. The molecule has 0 spiro atoms. The Labute approximate surface area is 93.1 Å². The molecule has 0 aliphatic carbocycles. The van der Waals surface area contributed by atoms with Gasteiger partial charge >= 0.3 is 0 Å². The van der Waals surface area contributed by atoms with Crippen LogP contribution in [0.1, 0.15) is 0 Å². The molecule has 0 heterocycles. The van der Waals surface area contributed by atoms with Gasteiger partial charge in [-0.2, -0.15) is 36.4 Å². The van der Waals surface area contributed by atoms with Gasteiger partial charge in [0.05, 0.1) is 0 Å². The van der Waals surface area contributed by atoms with Crippen molar-refractivity contribution in [2.45, 2.75) is 0 Å². The van der Waals surface area contributed by atoms with Crippen LogP contribution in [0.2, 0.25) is 0 Å². The molecule has 0 aliphatic heterocycles. The van der Waals surface area contributed by atoms with Crippen molar-refractivity contribution >= 4 is 0 Å². The smallest absolute Gasteiger partial charge is 0.0319 e. The minimum absolute atomic E-state index is 0. The fraction of sp³-hybridized carbons (Fsp3) is 0.250. The summed E-state index contributed by atoms with van der Waals surface area (Å²) in [4.78, 5) is 0. The molecule has 0 bridgehead atoms. The largest absolute Gasteiger partial charge is 0.400 e. The third kappa shape index (κ3) is 17.9. The first-order chi connectivity index (χ1) is 5.00. The van der Waals surface area contributed by atoms with E-state index in [0.29, 0.717) is 0 Å². The monoisotopic (exact) mass is 230 g/mol. The van der Waals surface area contributed by atoms with Crippen molar-refractivity contribution in [3.05, 3.63) is 36.4 Å². The molecule has 0 saturated heterocycles. The summed E-state index contributed by atoms with van der Waals surface area (Å²) in [6.45, 7) is 0. The zero-order chi connectivity index (χ0) is 8.24. The number of benzene rings is 1. The molecule has 1 aromatic rings. The van der Waals surface area contributed by atoms with E-state index in [-0.39, 0.29) is 32.7 Å². The van der Waals surface area contributed by atoms with Gasteiger partial charge in [0.1, 0.15) is 0 Å². The molecule has 61 valence electrons. The number of hydrogen-bond acceptors (Lipinski definition) is 2. The molecular formula is C8H13O2Y-. The maximum Gasteiger partial charge on any atom is 0.0319 e. The Morgan fingerprint density at radius 2 is 1.18 bits per heavy atom. The molecule has 0 saturated carbocycles. The molecule has 0 aromatic heterocycles. The van der Waals surface area contributed by atoms with Crippen LogP contribution in [-0.4, -0.2) is 24.4 Å². The molecule has 0 aliphatic rings. The summed E-state index contributed by atoms with van der Waals surface area (Å²) < 4.78 is 0. The van der Waals surface area contributed by atoms with Crippen molar-refractivity contribution in [3.63, 3.8) is 0 Å². The average Bonchev–Trinajstić information content (AvgIpc) is 2.14. The summed E-state index contributed by atoms with van der Waals surface area (Å²) in [6.07, 6.45) is 0. The van der Waals surface area contributed by atoms with Crippen molar-refractivity contribution in [3.8, 4) is 0 Å². The molecule has 0 unspecified atom stereocenters. The molecular weight excluding hydrogens is 217 g/mol. The zero-order valence-corrected chi connectivity index (χ0v) is 9.70. The molecule has 2 N–H and O–H groups in total. The fourth-order valence-corrected chi connectivity index (χ4v) is 0.342. The van der Waals surface area contributed by atoms with E-state index in [1.54, 1.807) is 0 Å². The van der Waals surface area contributed by atoms with Gasteiger partial charge in [-0.05, 0) is 0 Å². The van der Waals surface area contributed by atoms with E-state index in [9.17, 15) is 0 Å². The molecule has 3 heteroatoms. The Morgan fingerprint density at radius 3 is 1.27 bits per heavy atom. The van der Waals surface area contributed by atoms with Gasteiger partial charge in [0.15, 0.2) is 0 Å². The van der Waals surface area contributed by atoms with Gasteiger partial charge in [0, 0.05) is 46.9 Å². The van der Waals surface area contributed by atoms with Crippen LogP contribution in [0.5, 0.6) is 0 Å². The van der Waals surface area contributed by atoms with E-state index >= 15 is 0 Å². The van der Waals surface area contributed by atoms with Crippen molar-refractivity contribution in [2.24, 2.45) is 0 Å². The van der Waals surface area contributed by atoms with Gasteiger partial charge in [-0.25, -0.2) is 0 Å². The van der Waals surface area contributed by atoms with Crippen LogP contribution < -0.4 is 0 Å². The number of hydrogen-bond donors (Lipinski definition) is 2. The van der Waals surface area contributed by atoms with E-state index in [0.717, 1.165) is 14.2 Å². The van der Waals surface area contributed by atoms with Gasteiger partial charge in [-0.1, -0.05) is 0 Å². The van der Waals surface area contributed by atoms with Crippen LogP contribution in [-0.2, 0) is 32.7 Å². The van der Waals surface area contributed by atoms with Crippen molar-refractivity contribution in [1.82, 2.24) is 0 Å². The standard InChI is InChI=1S/C6H5.2CH4O.Y/c1-2-4-6-5-3-1;2*1-2;/h1-5H;2*2H,1H3;/q-1;;;.